The highest BCUT2D eigenvalue weighted by Gasteiger charge is 2.33. The molecule has 1 unspecified atom stereocenters. The number of anilines is 1. The summed E-state index contributed by atoms with van der Waals surface area (Å²) in [5.74, 6) is 0.436. The minimum Gasteiger partial charge on any atom is -0.369 e. The molecular weight excluding hydrogens is 382 g/mol. The van der Waals surface area contributed by atoms with Crippen molar-refractivity contribution in [3.63, 3.8) is 0 Å². The van der Waals surface area contributed by atoms with Crippen molar-refractivity contribution < 1.29 is 4.79 Å². The topological polar surface area (TPSA) is 28.5 Å². The van der Waals surface area contributed by atoms with Gasteiger partial charge in [-0.2, -0.15) is 0 Å². The van der Waals surface area contributed by atoms with E-state index in [1.54, 1.807) is 0 Å². The number of fused-ring (bicyclic) bond motifs is 3. The lowest BCUT2D eigenvalue weighted by Gasteiger charge is -2.38. The number of halogens is 1. The molecule has 150 valence electrons. The number of rotatable bonds is 3. The molecule has 0 saturated carbocycles. The molecule has 4 nitrogen and oxygen atoms in total. The fourth-order valence-corrected chi connectivity index (χ4v) is 5.19. The number of piperazine rings is 1. The number of Topliss-reactive ketones (excluding diaryl/α,β-unsaturated/α-hetero) is 1. The van der Waals surface area contributed by atoms with Crippen LogP contribution in [0.25, 0.3) is 10.9 Å². The molecule has 2 heterocycles. The van der Waals surface area contributed by atoms with Gasteiger partial charge in [0.05, 0.1) is 0 Å². The average molecular weight is 408 g/mol. The lowest BCUT2D eigenvalue weighted by Crippen LogP contribution is -2.49. The summed E-state index contributed by atoms with van der Waals surface area (Å²) in [4.78, 5) is 18.2. The van der Waals surface area contributed by atoms with Gasteiger partial charge in [0.2, 0.25) is 0 Å². The van der Waals surface area contributed by atoms with Gasteiger partial charge in [0, 0.05) is 78.6 Å². The van der Waals surface area contributed by atoms with Gasteiger partial charge >= 0.3 is 0 Å². The molecule has 0 bridgehead atoms. The van der Waals surface area contributed by atoms with E-state index >= 15 is 0 Å². The first-order chi connectivity index (χ1) is 14.1. The average Bonchev–Trinajstić information content (AvgIpc) is 3.04. The third-order valence-electron chi connectivity index (χ3n) is 6.60. The zero-order valence-corrected chi connectivity index (χ0v) is 17.5. The van der Waals surface area contributed by atoms with Gasteiger partial charge in [-0.05, 0) is 37.1 Å². The number of hydrogen-bond acceptors (Lipinski definition) is 3. The first kappa shape index (κ1) is 18.7. The van der Waals surface area contributed by atoms with Gasteiger partial charge < -0.3 is 9.47 Å². The van der Waals surface area contributed by atoms with E-state index in [-0.39, 0.29) is 5.92 Å². The van der Waals surface area contributed by atoms with Crippen LogP contribution in [0.5, 0.6) is 0 Å². The summed E-state index contributed by atoms with van der Waals surface area (Å²) in [5, 5.41) is 1.90. The molecule has 2 aliphatic rings. The maximum absolute atomic E-state index is 13.4. The number of para-hydroxylation sites is 1. The number of hydrogen-bond donors (Lipinski definition) is 0. The summed E-state index contributed by atoms with van der Waals surface area (Å²) in [7, 11) is 2.09. The van der Waals surface area contributed by atoms with Crippen LogP contribution in [0.15, 0.2) is 48.5 Å². The van der Waals surface area contributed by atoms with Crippen molar-refractivity contribution in [2.45, 2.75) is 12.8 Å². The fourth-order valence-electron chi connectivity index (χ4n) is 5.01. The zero-order valence-electron chi connectivity index (χ0n) is 16.8. The number of ketones is 1. The second-order valence-corrected chi connectivity index (χ2v) is 8.70. The van der Waals surface area contributed by atoms with Crippen molar-refractivity contribution in [1.82, 2.24) is 9.47 Å². The van der Waals surface area contributed by atoms with Crippen molar-refractivity contribution in [3.8, 4) is 0 Å². The van der Waals surface area contributed by atoms with Crippen LogP contribution in [0, 0.1) is 5.92 Å². The molecule has 29 heavy (non-hydrogen) atoms. The van der Waals surface area contributed by atoms with Crippen LogP contribution in [-0.2, 0) is 13.5 Å². The van der Waals surface area contributed by atoms with E-state index in [1.165, 1.54) is 16.9 Å². The van der Waals surface area contributed by atoms with Crippen molar-refractivity contribution >= 4 is 34.0 Å². The van der Waals surface area contributed by atoms with E-state index in [0.717, 1.165) is 61.5 Å². The van der Waals surface area contributed by atoms with Crippen molar-refractivity contribution in [3.05, 3.63) is 64.8 Å². The van der Waals surface area contributed by atoms with Gasteiger partial charge in [-0.3, -0.25) is 9.69 Å². The second kappa shape index (κ2) is 7.51. The number of aromatic nitrogens is 1. The van der Waals surface area contributed by atoms with Gasteiger partial charge in [0.15, 0.2) is 5.78 Å². The Kier molecular flexibility index (Phi) is 4.84. The summed E-state index contributed by atoms with van der Waals surface area (Å²) in [6.07, 6.45) is 1.93. The maximum atomic E-state index is 13.4. The summed E-state index contributed by atoms with van der Waals surface area (Å²) in [6, 6.07) is 16.4. The molecular formula is C24H26ClN3O. The van der Waals surface area contributed by atoms with Crippen LogP contribution in [0.3, 0.4) is 0 Å². The number of carbonyl (C=O) groups is 1. The van der Waals surface area contributed by atoms with E-state index in [1.807, 2.05) is 24.3 Å². The quantitative estimate of drug-likeness (QED) is 0.644. The number of carbonyl (C=O) groups excluding carboxylic acids is 1. The Hall–Kier alpha value is -2.30. The van der Waals surface area contributed by atoms with E-state index in [4.69, 9.17) is 11.6 Å². The third kappa shape index (κ3) is 3.34. The Balaban J connectivity index is 1.28. The van der Waals surface area contributed by atoms with Gasteiger partial charge in [-0.15, -0.1) is 0 Å². The summed E-state index contributed by atoms with van der Waals surface area (Å²) in [6.45, 7) is 4.78. The predicted octanol–water partition coefficient (Wildman–Crippen LogP) is 4.40. The normalized spacial score (nSPS) is 20.3. The number of benzene rings is 2. The molecule has 2 aromatic carbocycles. The molecule has 0 spiro atoms. The van der Waals surface area contributed by atoms with E-state index in [9.17, 15) is 4.79 Å². The first-order valence-electron chi connectivity index (χ1n) is 10.4. The summed E-state index contributed by atoms with van der Waals surface area (Å²) in [5.41, 5.74) is 4.53. The molecule has 1 aliphatic heterocycles. The van der Waals surface area contributed by atoms with Gasteiger partial charge in [-0.25, -0.2) is 0 Å². The molecule has 1 aliphatic carbocycles. The number of nitrogens with zero attached hydrogens (tertiary/aromatic N) is 3. The molecule has 3 aromatic rings. The third-order valence-corrected chi connectivity index (χ3v) is 6.83. The van der Waals surface area contributed by atoms with Gasteiger partial charge in [-0.1, -0.05) is 35.9 Å². The molecule has 0 N–H and O–H groups in total. The Morgan fingerprint density at radius 2 is 1.83 bits per heavy atom. The molecule has 5 rings (SSSR count). The molecule has 1 aromatic heterocycles. The monoisotopic (exact) mass is 407 g/mol. The largest absolute Gasteiger partial charge is 0.369 e. The van der Waals surface area contributed by atoms with Crippen LogP contribution < -0.4 is 4.90 Å². The van der Waals surface area contributed by atoms with Crippen LogP contribution in [0.2, 0.25) is 5.02 Å². The first-order valence-corrected chi connectivity index (χ1v) is 10.8. The van der Waals surface area contributed by atoms with Crippen LogP contribution >= 0.6 is 11.6 Å². The van der Waals surface area contributed by atoms with Gasteiger partial charge in [0.1, 0.15) is 0 Å². The zero-order chi connectivity index (χ0) is 20.0. The van der Waals surface area contributed by atoms with Crippen molar-refractivity contribution in [2.75, 3.05) is 37.6 Å². The molecule has 5 heteroatoms. The SMILES string of the molecule is Cn1c2c(c3ccccc31)C(=O)C(CN1CCN(c3cccc(Cl)c3)CC1)CC2. The minimum atomic E-state index is 0.103. The molecule has 1 saturated heterocycles. The highest BCUT2D eigenvalue weighted by molar-refractivity contribution is 6.30. The van der Waals surface area contributed by atoms with Crippen LogP contribution in [0.4, 0.5) is 5.69 Å². The highest BCUT2D eigenvalue weighted by Crippen LogP contribution is 2.34. The summed E-state index contributed by atoms with van der Waals surface area (Å²) < 4.78 is 2.21. The van der Waals surface area contributed by atoms with Gasteiger partial charge in [0.25, 0.3) is 0 Å². The Morgan fingerprint density at radius 3 is 2.62 bits per heavy atom. The van der Waals surface area contributed by atoms with Crippen molar-refractivity contribution in [2.24, 2.45) is 13.0 Å². The Bertz CT molecular complexity index is 1070. The second-order valence-electron chi connectivity index (χ2n) is 8.27. The summed E-state index contributed by atoms with van der Waals surface area (Å²) >= 11 is 6.15. The Morgan fingerprint density at radius 1 is 1.03 bits per heavy atom. The Labute approximate surface area is 176 Å². The number of aryl methyl sites for hydroxylation is 1. The minimum absolute atomic E-state index is 0.103. The van der Waals surface area contributed by atoms with Crippen LogP contribution in [0.1, 0.15) is 22.5 Å². The molecule has 0 radical (unpaired) electrons. The molecule has 1 atom stereocenters. The van der Waals surface area contributed by atoms with Crippen molar-refractivity contribution in [1.29, 1.82) is 0 Å². The predicted molar refractivity (Wildman–Crippen MR) is 119 cm³/mol. The maximum Gasteiger partial charge on any atom is 0.169 e. The highest BCUT2D eigenvalue weighted by atomic mass is 35.5. The smallest absolute Gasteiger partial charge is 0.169 e. The lowest BCUT2D eigenvalue weighted by molar-refractivity contribution is 0.0855. The molecule has 0 amide bonds. The lowest BCUT2D eigenvalue weighted by atomic mass is 9.84. The molecule has 1 fully saturated rings. The van der Waals surface area contributed by atoms with E-state index < -0.39 is 0 Å². The van der Waals surface area contributed by atoms with E-state index in [2.05, 4.69) is 45.7 Å². The fraction of sp³-hybridized carbons (Fsp3) is 0.375. The standard InChI is InChI=1S/C24H26ClN3O/c1-26-21-8-3-2-7-20(21)23-22(26)10-9-17(24(23)29)16-27-11-13-28(14-12-27)19-6-4-5-18(25)15-19/h2-8,15,17H,9-14,16H2,1H3. The van der Waals surface area contributed by atoms with Crippen LogP contribution in [-0.4, -0.2) is 48.0 Å². The van der Waals surface area contributed by atoms with E-state index in [0.29, 0.717) is 5.78 Å².